The quantitative estimate of drug-likeness (QED) is 0.617. The van der Waals surface area contributed by atoms with Gasteiger partial charge in [0.1, 0.15) is 5.52 Å². The Labute approximate surface area is 125 Å². The molecule has 0 aliphatic heterocycles. The Morgan fingerprint density at radius 2 is 2.05 bits per heavy atom. The zero-order valence-corrected chi connectivity index (χ0v) is 12.3. The standard InChI is InChI=1S/C15H13N5S/c1-9-13(21-8-18-9)7-20-14-10-4-2-3-5-11(10)17-6-12(14)19-15(20)16/h2-6,8H,7H2,1H3,(H2,16,19). The zero-order chi connectivity index (χ0) is 14.4. The number of aryl methyl sites for hydroxylation is 1. The van der Waals surface area contributed by atoms with Crippen molar-refractivity contribution in [3.8, 4) is 0 Å². The fraction of sp³-hybridized carbons (Fsp3) is 0.133. The molecule has 2 N–H and O–H groups in total. The highest BCUT2D eigenvalue weighted by Gasteiger charge is 2.14. The lowest BCUT2D eigenvalue weighted by Gasteiger charge is -2.07. The Balaban J connectivity index is 2.01. The molecule has 0 saturated carbocycles. The summed E-state index contributed by atoms with van der Waals surface area (Å²) in [6, 6.07) is 8.05. The molecule has 0 saturated heterocycles. The molecule has 0 bridgehead atoms. The van der Waals surface area contributed by atoms with Crippen molar-refractivity contribution in [3.05, 3.63) is 46.5 Å². The third-order valence-corrected chi connectivity index (χ3v) is 4.58. The molecule has 0 aliphatic carbocycles. The molecule has 6 heteroatoms. The van der Waals surface area contributed by atoms with Gasteiger partial charge in [0.15, 0.2) is 0 Å². The van der Waals surface area contributed by atoms with Crippen molar-refractivity contribution in [3.63, 3.8) is 0 Å². The van der Waals surface area contributed by atoms with Crippen molar-refractivity contribution in [2.24, 2.45) is 0 Å². The second kappa shape index (κ2) is 4.53. The SMILES string of the molecule is Cc1ncsc1Cn1c(N)nc2cnc3ccccc3c21. The molecule has 4 rings (SSSR count). The van der Waals surface area contributed by atoms with E-state index in [1.165, 1.54) is 4.88 Å². The van der Waals surface area contributed by atoms with Crippen LogP contribution >= 0.6 is 11.3 Å². The van der Waals surface area contributed by atoms with Crippen LogP contribution < -0.4 is 5.73 Å². The van der Waals surface area contributed by atoms with Crippen molar-refractivity contribution in [2.45, 2.75) is 13.5 Å². The van der Waals surface area contributed by atoms with Gasteiger partial charge in [-0.25, -0.2) is 9.97 Å². The van der Waals surface area contributed by atoms with Gasteiger partial charge in [-0.05, 0) is 13.0 Å². The molecule has 5 nitrogen and oxygen atoms in total. The Morgan fingerprint density at radius 1 is 1.19 bits per heavy atom. The van der Waals surface area contributed by atoms with Gasteiger partial charge in [-0.1, -0.05) is 18.2 Å². The summed E-state index contributed by atoms with van der Waals surface area (Å²) < 4.78 is 2.04. The average Bonchev–Trinajstić information content (AvgIpc) is 3.04. The number of nitrogens with zero attached hydrogens (tertiary/aromatic N) is 4. The van der Waals surface area contributed by atoms with Crippen LogP contribution in [0.25, 0.3) is 21.9 Å². The van der Waals surface area contributed by atoms with Gasteiger partial charge in [-0.15, -0.1) is 11.3 Å². The smallest absolute Gasteiger partial charge is 0.201 e. The number of para-hydroxylation sites is 1. The topological polar surface area (TPSA) is 69.6 Å². The first-order valence-corrected chi connectivity index (χ1v) is 7.50. The van der Waals surface area contributed by atoms with Crippen molar-refractivity contribution in [1.82, 2.24) is 19.5 Å². The maximum absolute atomic E-state index is 6.12. The first-order chi connectivity index (χ1) is 10.2. The number of fused-ring (bicyclic) bond motifs is 3. The van der Waals surface area contributed by atoms with E-state index in [-0.39, 0.29) is 0 Å². The van der Waals surface area contributed by atoms with Crippen LogP contribution in [0, 0.1) is 6.92 Å². The van der Waals surface area contributed by atoms with Crippen molar-refractivity contribution in [2.75, 3.05) is 5.73 Å². The van der Waals surface area contributed by atoms with Crippen molar-refractivity contribution < 1.29 is 0 Å². The molecular weight excluding hydrogens is 282 g/mol. The number of hydrogen-bond donors (Lipinski definition) is 1. The van der Waals surface area contributed by atoms with Crippen molar-refractivity contribution >= 4 is 39.2 Å². The summed E-state index contributed by atoms with van der Waals surface area (Å²) >= 11 is 1.64. The highest BCUT2D eigenvalue weighted by atomic mass is 32.1. The second-order valence-electron chi connectivity index (χ2n) is 4.93. The highest BCUT2D eigenvalue weighted by molar-refractivity contribution is 7.09. The highest BCUT2D eigenvalue weighted by Crippen LogP contribution is 2.27. The Bertz CT molecular complexity index is 953. The molecule has 3 heterocycles. The molecule has 1 aromatic carbocycles. The minimum absolute atomic E-state index is 0.510. The molecule has 0 radical (unpaired) electrons. The summed E-state index contributed by atoms with van der Waals surface area (Å²) in [4.78, 5) is 14.4. The Morgan fingerprint density at radius 3 is 2.86 bits per heavy atom. The fourth-order valence-electron chi connectivity index (χ4n) is 2.56. The molecule has 21 heavy (non-hydrogen) atoms. The Kier molecular flexibility index (Phi) is 2.65. The Hall–Kier alpha value is -2.47. The van der Waals surface area contributed by atoms with Gasteiger partial charge in [0, 0.05) is 10.3 Å². The summed E-state index contributed by atoms with van der Waals surface area (Å²) in [7, 11) is 0. The van der Waals surface area contributed by atoms with Gasteiger partial charge in [0.25, 0.3) is 0 Å². The van der Waals surface area contributed by atoms with Crippen molar-refractivity contribution in [1.29, 1.82) is 0 Å². The molecule has 0 unspecified atom stereocenters. The van der Waals surface area contributed by atoms with E-state index < -0.39 is 0 Å². The van der Waals surface area contributed by atoms with Gasteiger partial charge < -0.3 is 10.3 Å². The van der Waals surface area contributed by atoms with Crippen LogP contribution in [0.1, 0.15) is 10.6 Å². The molecule has 0 amide bonds. The first-order valence-electron chi connectivity index (χ1n) is 6.62. The fourth-order valence-corrected chi connectivity index (χ4v) is 3.33. The van der Waals surface area contributed by atoms with Crippen LogP contribution in [-0.4, -0.2) is 19.5 Å². The molecule has 0 atom stereocenters. The molecule has 0 fully saturated rings. The number of aromatic nitrogens is 4. The lowest BCUT2D eigenvalue weighted by molar-refractivity contribution is 0.845. The van der Waals surface area contributed by atoms with E-state index in [1.54, 1.807) is 17.5 Å². The first kappa shape index (κ1) is 12.3. The minimum atomic E-state index is 0.510. The maximum atomic E-state index is 6.12. The number of nitrogen functional groups attached to an aromatic ring is 1. The second-order valence-corrected chi connectivity index (χ2v) is 5.87. The molecule has 4 aromatic rings. The van der Waals surface area contributed by atoms with E-state index in [2.05, 4.69) is 21.0 Å². The van der Waals surface area contributed by atoms with E-state index in [0.29, 0.717) is 12.5 Å². The van der Waals surface area contributed by atoms with E-state index in [0.717, 1.165) is 27.6 Å². The van der Waals surface area contributed by atoms with E-state index in [9.17, 15) is 0 Å². The normalized spacial score (nSPS) is 11.5. The molecule has 104 valence electrons. The maximum Gasteiger partial charge on any atom is 0.201 e. The lowest BCUT2D eigenvalue weighted by atomic mass is 10.2. The number of nitrogens with two attached hydrogens (primary N) is 1. The number of thiazole rings is 1. The van der Waals surface area contributed by atoms with Crippen LogP contribution in [0.2, 0.25) is 0 Å². The number of imidazole rings is 1. The van der Waals surface area contributed by atoms with Crippen LogP contribution in [0.4, 0.5) is 5.95 Å². The van der Waals surface area contributed by atoms with Crippen LogP contribution in [0.15, 0.2) is 36.0 Å². The van der Waals surface area contributed by atoms with Crippen LogP contribution in [-0.2, 0) is 6.54 Å². The zero-order valence-electron chi connectivity index (χ0n) is 11.4. The summed E-state index contributed by atoms with van der Waals surface area (Å²) in [5.74, 6) is 0.510. The third-order valence-electron chi connectivity index (χ3n) is 3.66. The van der Waals surface area contributed by atoms with Gasteiger partial charge in [0.2, 0.25) is 5.95 Å². The summed E-state index contributed by atoms with van der Waals surface area (Å²) in [5, 5.41) is 1.07. The lowest BCUT2D eigenvalue weighted by Crippen LogP contribution is -2.04. The predicted octanol–water partition coefficient (Wildman–Crippen LogP) is 2.98. The number of pyridine rings is 1. The number of benzene rings is 1. The number of rotatable bonds is 2. The monoisotopic (exact) mass is 295 g/mol. The average molecular weight is 295 g/mol. The van der Waals surface area contributed by atoms with Crippen LogP contribution in [0.5, 0.6) is 0 Å². The third kappa shape index (κ3) is 1.87. The van der Waals surface area contributed by atoms with Gasteiger partial charge in [-0.3, -0.25) is 4.98 Å². The molecule has 0 aliphatic rings. The molecule has 0 spiro atoms. The molecular formula is C15H13N5S. The summed E-state index contributed by atoms with van der Waals surface area (Å²) in [6.07, 6.45) is 1.78. The largest absolute Gasteiger partial charge is 0.369 e. The summed E-state index contributed by atoms with van der Waals surface area (Å²) in [6.45, 7) is 2.70. The van der Waals surface area contributed by atoms with E-state index >= 15 is 0 Å². The predicted molar refractivity (Wildman–Crippen MR) is 85.4 cm³/mol. The van der Waals surface area contributed by atoms with Gasteiger partial charge in [-0.2, -0.15) is 0 Å². The van der Waals surface area contributed by atoms with E-state index in [1.807, 2.05) is 35.2 Å². The number of anilines is 1. The minimum Gasteiger partial charge on any atom is -0.369 e. The van der Waals surface area contributed by atoms with Crippen LogP contribution in [0.3, 0.4) is 0 Å². The van der Waals surface area contributed by atoms with Gasteiger partial charge >= 0.3 is 0 Å². The van der Waals surface area contributed by atoms with E-state index in [4.69, 9.17) is 5.73 Å². The molecule has 3 aromatic heterocycles. The number of hydrogen-bond acceptors (Lipinski definition) is 5. The summed E-state index contributed by atoms with van der Waals surface area (Å²) in [5.41, 5.74) is 11.8. The van der Waals surface area contributed by atoms with Gasteiger partial charge in [0.05, 0.1) is 35.0 Å².